The predicted octanol–water partition coefficient (Wildman–Crippen LogP) is 2.40. The number of methoxy groups -OCH3 is 1. The van der Waals surface area contributed by atoms with Gasteiger partial charge in [0.1, 0.15) is 18.2 Å². The van der Waals surface area contributed by atoms with Crippen LogP contribution >= 0.6 is 0 Å². The third-order valence-corrected chi connectivity index (χ3v) is 3.58. The highest BCUT2D eigenvalue weighted by Crippen LogP contribution is 2.31. The van der Waals surface area contributed by atoms with Gasteiger partial charge in [-0.2, -0.15) is 0 Å². The Morgan fingerprint density at radius 1 is 1.20 bits per heavy atom. The number of fused-ring (bicyclic) bond motifs is 1. The molecule has 6 nitrogen and oxygen atoms in total. The Morgan fingerprint density at radius 2 is 1.96 bits per heavy atom. The van der Waals surface area contributed by atoms with Crippen LogP contribution in [0.15, 0.2) is 42.5 Å². The fourth-order valence-corrected chi connectivity index (χ4v) is 2.34. The second kappa shape index (κ2) is 7.21. The molecule has 1 heterocycles. The molecule has 130 valence electrons. The largest absolute Gasteiger partial charge is 0.496 e. The van der Waals surface area contributed by atoms with E-state index in [-0.39, 0.29) is 17.9 Å². The van der Waals surface area contributed by atoms with Crippen molar-refractivity contribution >= 4 is 11.8 Å². The maximum atomic E-state index is 13.3. The third-order valence-electron chi connectivity index (χ3n) is 3.58. The molecule has 2 aromatic rings. The number of esters is 1. The van der Waals surface area contributed by atoms with E-state index in [0.29, 0.717) is 11.5 Å². The molecule has 0 saturated heterocycles. The lowest BCUT2D eigenvalue weighted by Crippen LogP contribution is -2.38. The quantitative estimate of drug-likeness (QED) is 0.612. The van der Waals surface area contributed by atoms with Crippen LogP contribution < -0.4 is 14.2 Å². The zero-order chi connectivity index (χ0) is 17.8. The van der Waals surface area contributed by atoms with Crippen LogP contribution in [0.25, 0.3) is 0 Å². The first-order chi connectivity index (χ1) is 12.1. The average molecular weight is 346 g/mol. The second-order valence-electron chi connectivity index (χ2n) is 5.24. The summed E-state index contributed by atoms with van der Waals surface area (Å²) in [6.07, 6.45) is -0.975. The van der Waals surface area contributed by atoms with Gasteiger partial charge in [-0.15, -0.1) is 0 Å². The number of ketones is 1. The Balaban J connectivity index is 1.61. The summed E-state index contributed by atoms with van der Waals surface area (Å²) in [6, 6.07) is 10.5. The molecule has 1 atom stereocenters. The SMILES string of the molecule is COc1ccc(F)cc1C(=O)COC(=O)[C@@H]1COc2ccccc2O1. The van der Waals surface area contributed by atoms with Gasteiger partial charge in [-0.05, 0) is 30.3 Å². The molecule has 0 bridgehead atoms. The second-order valence-corrected chi connectivity index (χ2v) is 5.24. The molecule has 0 amide bonds. The first-order valence-electron chi connectivity index (χ1n) is 7.50. The van der Waals surface area contributed by atoms with E-state index in [2.05, 4.69) is 0 Å². The molecule has 25 heavy (non-hydrogen) atoms. The number of ether oxygens (including phenoxy) is 4. The van der Waals surface area contributed by atoms with E-state index in [1.165, 1.54) is 19.2 Å². The minimum absolute atomic E-state index is 0.00135. The van der Waals surface area contributed by atoms with E-state index in [4.69, 9.17) is 18.9 Å². The summed E-state index contributed by atoms with van der Waals surface area (Å²) >= 11 is 0. The maximum Gasteiger partial charge on any atom is 0.351 e. The van der Waals surface area contributed by atoms with Crippen LogP contribution in [0.1, 0.15) is 10.4 Å². The molecule has 0 unspecified atom stereocenters. The summed E-state index contributed by atoms with van der Waals surface area (Å²) in [4.78, 5) is 24.2. The van der Waals surface area contributed by atoms with Crippen LogP contribution in [0.5, 0.6) is 17.2 Å². The van der Waals surface area contributed by atoms with Crippen LogP contribution in [-0.2, 0) is 9.53 Å². The zero-order valence-corrected chi connectivity index (χ0v) is 13.4. The molecule has 3 rings (SSSR count). The number of hydrogen-bond donors (Lipinski definition) is 0. The summed E-state index contributed by atoms with van der Waals surface area (Å²) in [5.41, 5.74) is 0.00135. The summed E-state index contributed by atoms with van der Waals surface area (Å²) < 4.78 is 34.2. The lowest BCUT2D eigenvalue weighted by molar-refractivity contribution is -0.153. The number of benzene rings is 2. The molecule has 7 heteroatoms. The highest BCUT2D eigenvalue weighted by atomic mass is 19.1. The average Bonchev–Trinajstić information content (AvgIpc) is 2.65. The van der Waals surface area contributed by atoms with Crippen molar-refractivity contribution in [3.05, 3.63) is 53.8 Å². The summed E-state index contributed by atoms with van der Waals surface area (Å²) in [6.45, 7) is -0.576. The van der Waals surface area contributed by atoms with E-state index in [1.54, 1.807) is 24.3 Å². The van der Waals surface area contributed by atoms with Gasteiger partial charge in [0.05, 0.1) is 12.7 Å². The molecule has 0 fully saturated rings. The highest BCUT2D eigenvalue weighted by Gasteiger charge is 2.29. The van der Waals surface area contributed by atoms with Crippen molar-refractivity contribution in [1.82, 2.24) is 0 Å². The van der Waals surface area contributed by atoms with Crippen molar-refractivity contribution in [2.24, 2.45) is 0 Å². The smallest absolute Gasteiger partial charge is 0.351 e. The van der Waals surface area contributed by atoms with Gasteiger partial charge >= 0.3 is 5.97 Å². The van der Waals surface area contributed by atoms with Gasteiger partial charge in [0.15, 0.2) is 18.1 Å². The lowest BCUT2D eigenvalue weighted by Gasteiger charge is -2.24. The molecule has 0 radical (unpaired) electrons. The van der Waals surface area contributed by atoms with Gasteiger partial charge < -0.3 is 18.9 Å². The minimum atomic E-state index is -0.975. The minimum Gasteiger partial charge on any atom is -0.496 e. The van der Waals surface area contributed by atoms with Crippen LogP contribution in [0.3, 0.4) is 0 Å². The van der Waals surface area contributed by atoms with Gasteiger partial charge in [0.25, 0.3) is 0 Å². The molecule has 0 N–H and O–H groups in total. The molecule has 1 aliphatic heterocycles. The van der Waals surface area contributed by atoms with E-state index in [9.17, 15) is 14.0 Å². The van der Waals surface area contributed by atoms with Crippen molar-refractivity contribution in [3.63, 3.8) is 0 Å². The van der Waals surface area contributed by atoms with Crippen LogP contribution in [-0.4, -0.2) is 38.2 Å². The van der Waals surface area contributed by atoms with Gasteiger partial charge in [-0.3, -0.25) is 4.79 Å². The molecule has 2 aromatic carbocycles. The van der Waals surface area contributed by atoms with E-state index in [1.807, 2.05) is 0 Å². The van der Waals surface area contributed by atoms with Crippen molar-refractivity contribution in [2.75, 3.05) is 20.3 Å². The van der Waals surface area contributed by atoms with Crippen molar-refractivity contribution in [3.8, 4) is 17.2 Å². The van der Waals surface area contributed by atoms with Gasteiger partial charge in [0, 0.05) is 0 Å². The van der Waals surface area contributed by atoms with E-state index in [0.717, 1.165) is 6.07 Å². The normalized spacial score (nSPS) is 15.4. The zero-order valence-electron chi connectivity index (χ0n) is 13.4. The number of hydrogen-bond acceptors (Lipinski definition) is 6. The Kier molecular flexibility index (Phi) is 4.83. The molecule has 1 aliphatic rings. The molecule has 0 spiro atoms. The number of para-hydroxylation sites is 2. The first kappa shape index (κ1) is 16.8. The van der Waals surface area contributed by atoms with Crippen LogP contribution in [0.4, 0.5) is 4.39 Å². The number of carbonyl (C=O) groups excluding carboxylic acids is 2. The van der Waals surface area contributed by atoms with E-state index >= 15 is 0 Å². The Morgan fingerprint density at radius 3 is 2.72 bits per heavy atom. The van der Waals surface area contributed by atoms with Crippen LogP contribution in [0.2, 0.25) is 0 Å². The monoisotopic (exact) mass is 346 g/mol. The predicted molar refractivity (Wildman–Crippen MR) is 84.6 cm³/mol. The van der Waals surface area contributed by atoms with Crippen molar-refractivity contribution in [1.29, 1.82) is 0 Å². The Hall–Kier alpha value is -3.09. The Bertz CT molecular complexity index is 804. The highest BCUT2D eigenvalue weighted by molar-refractivity contribution is 6.00. The van der Waals surface area contributed by atoms with E-state index < -0.39 is 30.3 Å². The molecule has 0 saturated carbocycles. The summed E-state index contributed by atoms with van der Waals surface area (Å²) in [5, 5.41) is 0. The first-order valence-corrected chi connectivity index (χ1v) is 7.50. The molecule has 0 aromatic heterocycles. The van der Waals surface area contributed by atoms with Crippen molar-refractivity contribution in [2.45, 2.75) is 6.10 Å². The van der Waals surface area contributed by atoms with Gasteiger partial charge in [-0.25, -0.2) is 9.18 Å². The standard InChI is InChI=1S/C18H15FO6/c1-22-14-7-6-11(19)8-12(14)13(20)9-24-18(21)17-10-23-15-4-2-3-5-16(15)25-17/h2-8,17H,9-10H2,1H3/t17-/m0/s1. The number of Topliss-reactive ketones (excluding diaryl/α,β-unsaturated/α-hetero) is 1. The van der Waals surface area contributed by atoms with Gasteiger partial charge in [0.2, 0.25) is 11.9 Å². The maximum absolute atomic E-state index is 13.3. The van der Waals surface area contributed by atoms with Crippen LogP contribution in [0, 0.1) is 5.82 Å². The number of rotatable bonds is 5. The topological polar surface area (TPSA) is 71.1 Å². The summed E-state index contributed by atoms with van der Waals surface area (Å²) in [5.74, 6) is -0.745. The molecular formula is C18H15FO6. The van der Waals surface area contributed by atoms with Gasteiger partial charge in [-0.1, -0.05) is 12.1 Å². The number of carbonyl (C=O) groups is 2. The summed E-state index contributed by atoms with van der Waals surface area (Å²) in [7, 11) is 1.36. The third kappa shape index (κ3) is 3.71. The lowest BCUT2D eigenvalue weighted by atomic mass is 10.1. The fourth-order valence-electron chi connectivity index (χ4n) is 2.34. The molecule has 0 aliphatic carbocycles. The molecular weight excluding hydrogens is 331 g/mol. The van der Waals surface area contributed by atoms with Crippen molar-refractivity contribution < 1.29 is 32.9 Å². The Labute approximate surface area is 143 Å². The number of halogens is 1. The fraction of sp³-hybridized carbons (Fsp3) is 0.222.